The van der Waals surface area contributed by atoms with Crippen LogP contribution in [0.15, 0.2) is 0 Å². The first kappa shape index (κ1) is 14.8. The Morgan fingerprint density at radius 3 is 2.67 bits per heavy atom. The van der Waals surface area contributed by atoms with Crippen molar-refractivity contribution in [2.75, 3.05) is 19.6 Å². The molecule has 0 bridgehead atoms. The molecule has 0 radical (unpaired) electrons. The zero-order chi connectivity index (χ0) is 13.8. The largest absolute Gasteiger partial charge is 0.445 e. The molecule has 18 heavy (non-hydrogen) atoms. The van der Waals surface area contributed by atoms with Gasteiger partial charge in [-0.1, -0.05) is 0 Å². The zero-order valence-electron chi connectivity index (χ0n) is 11.4. The maximum Gasteiger partial charge on any atom is 0.407 e. The molecule has 0 spiro atoms. The van der Waals surface area contributed by atoms with Crippen molar-refractivity contribution in [2.24, 2.45) is 5.73 Å². The van der Waals surface area contributed by atoms with Crippen molar-refractivity contribution in [2.45, 2.75) is 45.3 Å². The average Bonchev–Trinajstić information content (AvgIpc) is 2.13. The number of alkyl carbamates (subject to hydrolysis) is 1. The molecule has 1 heterocycles. The van der Waals surface area contributed by atoms with Crippen molar-refractivity contribution >= 4 is 12.0 Å². The molecule has 104 valence electrons. The van der Waals surface area contributed by atoms with E-state index in [1.54, 1.807) is 0 Å². The predicted octanol–water partition coefficient (Wildman–Crippen LogP) is 0.461. The molecule has 1 saturated heterocycles. The standard InChI is InChI=1S/C12H23N3O3/c1-12(2,3)14-11(17)18-9-5-4-6-15(7-9)8-10(13)16/h9H,4-8H2,1-3H3,(H2,13,16)(H,14,17)/t9-/m1/s1. The van der Waals surface area contributed by atoms with Gasteiger partial charge in [0.1, 0.15) is 6.10 Å². The van der Waals surface area contributed by atoms with Crippen molar-refractivity contribution < 1.29 is 14.3 Å². The second-order valence-electron chi connectivity index (χ2n) is 5.75. The van der Waals surface area contributed by atoms with Gasteiger partial charge in [-0.2, -0.15) is 0 Å². The lowest BCUT2D eigenvalue weighted by Crippen LogP contribution is -2.47. The number of amides is 2. The van der Waals surface area contributed by atoms with Crippen molar-refractivity contribution in [3.8, 4) is 0 Å². The maximum absolute atomic E-state index is 11.6. The van der Waals surface area contributed by atoms with Crippen LogP contribution >= 0.6 is 0 Å². The summed E-state index contributed by atoms with van der Waals surface area (Å²) in [6.07, 6.45) is 1.15. The van der Waals surface area contributed by atoms with E-state index < -0.39 is 6.09 Å². The number of rotatable bonds is 3. The average molecular weight is 257 g/mol. The fraction of sp³-hybridized carbons (Fsp3) is 0.833. The van der Waals surface area contributed by atoms with Crippen LogP contribution in [0.25, 0.3) is 0 Å². The molecule has 1 atom stereocenters. The Hall–Kier alpha value is -1.30. The minimum Gasteiger partial charge on any atom is -0.445 e. The smallest absolute Gasteiger partial charge is 0.407 e. The Kier molecular flexibility index (Phi) is 4.95. The SMILES string of the molecule is CC(C)(C)NC(=O)O[C@@H]1CCCN(CC(N)=O)C1. The lowest BCUT2D eigenvalue weighted by Gasteiger charge is -2.32. The first-order valence-corrected chi connectivity index (χ1v) is 6.26. The third-order valence-corrected chi connectivity index (χ3v) is 2.59. The lowest BCUT2D eigenvalue weighted by molar-refractivity contribution is -0.119. The van der Waals surface area contributed by atoms with E-state index in [2.05, 4.69) is 5.32 Å². The highest BCUT2D eigenvalue weighted by atomic mass is 16.6. The van der Waals surface area contributed by atoms with Gasteiger partial charge in [-0.25, -0.2) is 4.79 Å². The van der Waals surface area contributed by atoms with E-state index in [-0.39, 0.29) is 24.1 Å². The molecule has 0 aromatic carbocycles. The van der Waals surface area contributed by atoms with Crippen LogP contribution in [0.4, 0.5) is 4.79 Å². The quantitative estimate of drug-likeness (QED) is 0.769. The van der Waals surface area contributed by atoms with Gasteiger partial charge in [0, 0.05) is 12.1 Å². The van der Waals surface area contributed by atoms with Gasteiger partial charge < -0.3 is 15.8 Å². The monoisotopic (exact) mass is 257 g/mol. The highest BCUT2D eigenvalue weighted by Gasteiger charge is 2.25. The number of nitrogens with two attached hydrogens (primary N) is 1. The Bertz CT molecular complexity index is 312. The van der Waals surface area contributed by atoms with Crippen molar-refractivity contribution in [3.05, 3.63) is 0 Å². The van der Waals surface area contributed by atoms with E-state index in [0.717, 1.165) is 19.4 Å². The molecule has 2 amide bonds. The normalized spacial score (nSPS) is 21.4. The topological polar surface area (TPSA) is 84.7 Å². The maximum atomic E-state index is 11.6. The van der Waals surface area contributed by atoms with Gasteiger partial charge >= 0.3 is 6.09 Å². The lowest BCUT2D eigenvalue weighted by atomic mass is 10.1. The molecule has 3 N–H and O–H groups in total. The number of carbonyl (C=O) groups is 2. The van der Waals surface area contributed by atoms with E-state index in [9.17, 15) is 9.59 Å². The van der Waals surface area contributed by atoms with E-state index in [1.165, 1.54) is 0 Å². The van der Waals surface area contributed by atoms with Crippen LogP contribution < -0.4 is 11.1 Å². The summed E-state index contributed by atoms with van der Waals surface area (Å²) in [5.74, 6) is -0.352. The molecule has 0 aromatic rings. The molecule has 6 heteroatoms. The number of hydrogen-bond donors (Lipinski definition) is 2. The summed E-state index contributed by atoms with van der Waals surface area (Å²) >= 11 is 0. The highest BCUT2D eigenvalue weighted by molar-refractivity contribution is 5.75. The van der Waals surface area contributed by atoms with Gasteiger partial charge in [0.25, 0.3) is 0 Å². The van der Waals surface area contributed by atoms with E-state index in [1.807, 2.05) is 25.7 Å². The Morgan fingerprint density at radius 1 is 1.44 bits per heavy atom. The van der Waals surface area contributed by atoms with Gasteiger partial charge in [-0.15, -0.1) is 0 Å². The summed E-state index contributed by atoms with van der Waals surface area (Å²) < 4.78 is 5.34. The Balaban J connectivity index is 2.38. The summed E-state index contributed by atoms with van der Waals surface area (Å²) in [5, 5.41) is 2.75. The summed E-state index contributed by atoms with van der Waals surface area (Å²) in [5.41, 5.74) is 4.85. The molecular weight excluding hydrogens is 234 g/mol. The second kappa shape index (κ2) is 6.04. The first-order valence-electron chi connectivity index (χ1n) is 6.26. The third kappa shape index (κ3) is 5.86. The van der Waals surface area contributed by atoms with Crippen molar-refractivity contribution in [3.63, 3.8) is 0 Å². The molecule has 6 nitrogen and oxygen atoms in total. The van der Waals surface area contributed by atoms with Crippen LogP contribution in [0.5, 0.6) is 0 Å². The molecule has 1 aliphatic rings. The number of likely N-dealkylation sites (tertiary alicyclic amines) is 1. The molecule has 1 rings (SSSR count). The molecule has 1 fully saturated rings. The van der Waals surface area contributed by atoms with Gasteiger partial charge in [0.05, 0.1) is 6.54 Å². The van der Waals surface area contributed by atoms with Crippen molar-refractivity contribution in [1.29, 1.82) is 0 Å². The van der Waals surface area contributed by atoms with Gasteiger partial charge in [-0.3, -0.25) is 9.69 Å². The first-order chi connectivity index (χ1) is 8.26. The molecule has 0 aromatic heterocycles. The minimum absolute atomic E-state index is 0.166. The summed E-state index contributed by atoms with van der Waals surface area (Å²) in [7, 11) is 0. The third-order valence-electron chi connectivity index (χ3n) is 2.59. The van der Waals surface area contributed by atoms with E-state index in [0.29, 0.717) is 6.54 Å². The molecule has 0 saturated carbocycles. The van der Waals surface area contributed by atoms with E-state index >= 15 is 0 Å². The summed E-state index contributed by atoms with van der Waals surface area (Å²) in [4.78, 5) is 24.4. The number of ether oxygens (including phenoxy) is 1. The van der Waals surface area contributed by atoms with Crippen LogP contribution in [0.1, 0.15) is 33.6 Å². The van der Waals surface area contributed by atoms with Gasteiger partial charge in [-0.05, 0) is 40.2 Å². The Morgan fingerprint density at radius 2 is 2.11 bits per heavy atom. The second-order valence-corrected chi connectivity index (χ2v) is 5.75. The number of primary amides is 1. The van der Waals surface area contributed by atoms with Crippen LogP contribution in [-0.4, -0.2) is 48.2 Å². The van der Waals surface area contributed by atoms with Crippen LogP contribution in [0.2, 0.25) is 0 Å². The molecule has 0 aliphatic carbocycles. The van der Waals surface area contributed by atoms with Gasteiger partial charge in [0.15, 0.2) is 0 Å². The summed E-state index contributed by atoms with van der Waals surface area (Å²) in [6, 6.07) is 0. The number of nitrogens with one attached hydrogen (secondary N) is 1. The van der Waals surface area contributed by atoms with Crippen LogP contribution in [0.3, 0.4) is 0 Å². The fourth-order valence-corrected chi connectivity index (χ4v) is 1.96. The summed E-state index contributed by atoms with van der Waals surface area (Å²) in [6.45, 7) is 7.31. The number of hydrogen-bond acceptors (Lipinski definition) is 4. The number of nitrogens with zero attached hydrogens (tertiary/aromatic N) is 1. The molecule has 0 unspecified atom stereocenters. The molecule has 1 aliphatic heterocycles. The highest BCUT2D eigenvalue weighted by Crippen LogP contribution is 2.13. The predicted molar refractivity (Wildman–Crippen MR) is 68.0 cm³/mol. The van der Waals surface area contributed by atoms with Crippen LogP contribution in [0, 0.1) is 0 Å². The Labute approximate surface area is 108 Å². The van der Waals surface area contributed by atoms with Crippen molar-refractivity contribution in [1.82, 2.24) is 10.2 Å². The number of carbonyl (C=O) groups excluding carboxylic acids is 2. The zero-order valence-corrected chi connectivity index (χ0v) is 11.4. The van der Waals surface area contributed by atoms with E-state index in [4.69, 9.17) is 10.5 Å². The fourth-order valence-electron chi connectivity index (χ4n) is 1.96. The van der Waals surface area contributed by atoms with Crippen LogP contribution in [-0.2, 0) is 9.53 Å². The minimum atomic E-state index is -0.409. The number of piperidine rings is 1. The molecular formula is C12H23N3O3. The van der Waals surface area contributed by atoms with Gasteiger partial charge in [0.2, 0.25) is 5.91 Å².